The highest BCUT2D eigenvalue weighted by Gasteiger charge is 2.06. The Morgan fingerprint density at radius 3 is 2.28 bits per heavy atom. The van der Waals surface area contributed by atoms with Crippen molar-refractivity contribution < 1.29 is 0 Å². The third kappa shape index (κ3) is 2.92. The van der Waals surface area contributed by atoms with Gasteiger partial charge >= 0.3 is 0 Å². The summed E-state index contributed by atoms with van der Waals surface area (Å²) in [4.78, 5) is 0. The van der Waals surface area contributed by atoms with Crippen LogP contribution in [0.3, 0.4) is 0 Å². The molecule has 0 aliphatic heterocycles. The molecule has 1 nitrogen and oxygen atoms in total. The molecule has 0 bridgehead atoms. The van der Waals surface area contributed by atoms with Crippen molar-refractivity contribution in [3.05, 3.63) is 64.7 Å². The summed E-state index contributed by atoms with van der Waals surface area (Å²) in [5, 5.41) is 3.58. The highest BCUT2D eigenvalue weighted by Crippen LogP contribution is 2.23. The van der Waals surface area contributed by atoms with Crippen LogP contribution in [0.5, 0.6) is 0 Å². The standard InChI is InChI=1S/C17H21N/c1-12-6-5-7-16(11-12)15(4)18-17-9-8-13(2)10-14(17)3/h5-11,15,18H,1-4H3. The molecule has 0 spiro atoms. The Bertz CT molecular complexity index is 543. The molecule has 0 saturated carbocycles. The summed E-state index contributed by atoms with van der Waals surface area (Å²) >= 11 is 0. The molecule has 0 aliphatic carbocycles. The number of anilines is 1. The lowest BCUT2D eigenvalue weighted by Crippen LogP contribution is -2.07. The molecule has 2 rings (SSSR count). The zero-order valence-corrected chi connectivity index (χ0v) is 11.6. The lowest BCUT2D eigenvalue weighted by Gasteiger charge is -2.18. The van der Waals surface area contributed by atoms with Crippen LogP contribution < -0.4 is 5.32 Å². The molecule has 0 fully saturated rings. The van der Waals surface area contributed by atoms with Gasteiger partial charge in [-0.3, -0.25) is 0 Å². The van der Waals surface area contributed by atoms with E-state index >= 15 is 0 Å². The van der Waals surface area contributed by atoms with Gasteiger partial charge in [0.25, 0.3) is 0 Å². The fourth-order valence-electron chi connectivity index (χ4n) is 2.23. The summed E-state index contributed by atoms with van der Waals surface area (Å²) in [6, 6.07) is 15.5. The van der Waals surface area contributed by atoms with Crippen LogP contribution in [0.25, 0.3) is 0 Å². The number of aryl methyl sites for hydroxylation is 3. The zero-order chi connectivity index (χ0) is 13.1. The van der Waals surface area contributed by atoms with Crippen LogP contribution in [0.15, 0.2) is 42.5 Å². The van der Waals surface area contributed by atoms with Crippen molar-refractivity contribution in [2.75, 3.05) is 5.32 Å². The van der Waals surface area contributed by atoms with E-state index in [2.05, 4.69) is 75.5 Å². The molecular weight excluding hydrogens is 218 g/mol. The van der Waals surface area contributed by atoms with Crippen molar-refractivity contribution >= 4 is 5.69 Å². The van der Waals surface area contributed by atoms with Crippen LogP contribution >= 0.6 is 0 Å². The molecule has 0 amide bonds. The first kappa shape index (κ1) is 12.7. The predicted molar refractivity (Wildman–Crippen MR) is 79.1 cm³/mol. The van der Waals surface area contributed by atoms with Gasteiger partial charge in [0.2, 0.25) is 0 Å². The molecule has 2 aromatic carbocycles. The van der Waals surface area contributed by atoms with E-state index in [4.69, 9.17) is 0 Å². The Morgan fingerprint density at radius 1 is 0.889 bits per heavy atom. The maximum Gasteiger partial charge on any atom is 0.0485 e. The topological polar surface area (TPSA) is 12.0 Å². The summed E-state index contributed by atoms with van der Waals surface area (Å²) in [5.41, 5.74) is 6.46. The van der Waals surface area contributed by atoms with Gasteiger partial charge in [-0.2, -0.15) is 0 Å². The first-order valence-electron chi connectivity index (χ1n) is 6.46. The molecular formula is C17H21N. The number of nitrogens with one attached hydrogen (secondary N) is 1. The van der Waals surface area contributed by atoms with Crippen LogP contribution in [0, 0.1) is 20.8 Å². The van der Waals surface area contributed by atoms with E-state index in [-0.39, 0.29) is 0 Å². The minimum atomic E-state index is 0.325. The van der Waals surface area contributed by atoms with Crippen LogP contribution in [-0.2, 0) is 0 Å². The second-order valence-electron chi connectivity index (χ2n) is 5.10. The van der Waals surface area contributed by atoms with Gasteiger partial charge < -0.3 is 5.32 Å². The summed E-state index contributed by atoms with van der Waals surface area (Å²) < 4.78 is 0. The first-order valence-corrected chi connectivity index (χ1v) is 6.46. The van der Waals surface area contributed by atoms with Crippen molar-refractivity contribution in [3.8, 4) is 0 Å². The van der Waals surface area contributed by atoms with Crippen molar-refractivity contribution in [1.82, 2.24) is 0 Å². The predicted octanol–water partition coefficient (Wildman–Crippen LogP) is 4.78. The molecule has 94 valence electrons. The lowest BCUT2D eigenvalue weighted by molar-refractivity contribution is 0.880. The highest BCUT2D eigenvalue weighted by molar-refractivity contribution is 5.53. The van der Waals surface area contributed by atoms with E-state index in [0.717, 1.165) is 0 Å². The SMILES string of the molecule is Cc1cccc(C(C)Nc2ccc(C)cc2C)c1. The van der Waals surface area contributed by atoms with Crippen LogP contribution in [-0.4, -0.2) is 0 Å². The van der Waals surface area contributed by atoms with Gasteiger partial charge in [-0.1, -0.05) is 47.5 Å². The largest absolute Gasteiger partial charge is 0.378 e. The lowest BCUT2D eigenvalue weighted by atomic mass is 10.0. The Balaban J connectivity index is 2.18. The second-order valence-corrected chi connectivity index (χ2v) is 5.10. The Hall–Kier alpha value is -1.76. The van der Waals surface area contributed by atoms with Gasteiger partial charge in [0.15, 0.2) is 0 Å². The fraction of sp³-hybridized carbons (Fsp3) is 0.294. The van der Waals surface area contributed by atoms with Crippen molar-refractivity contribution in [2.24, 2.45) is 0 Å². The molecule has 2 aromatic rings. The molecule has 0 aliphatic rings. The van der Waals surface area contributed by atoms with Gasteiger partial charge in [0.1, 0.15) is 0 Å². The average Bonchev–Trinajstić information content (AvgIpc) is 2.32. The zero-order valence-electron chi connectivity index (χ0n) is 11.6. The first-order chi connectivity index (χ1) is 8.56. The number of hydrogen-bond acceptors (Lipinski definition) is 1. The van der Waals surface area contributed by atoms with E-state index in [1.165, 1.54) is 27.9 Å². The van der Waals surface area contributed by atoms with Gasteiger partial charge in [-0.15, -0.1) is 0 Å². The van der Waals surface area contributed by atoms with E-state index in [1.807, 2.05) is 0 Å². The summed E-state index contributed by atoms with van der Waals surface area (Å²) in [6.45, 7) is 8.61. The third-order valence-electron chi connectivity index (χ3n) is 3.30. The minimum absolute atomic E-state index is 0.325. The molecule has 0 radical (unpaired) electrons. The van der Waals surface area contributed by atoms with Crippen LogP contribution in [0.4, 0.5) is 5.69 Å². The monoisotopic (exact) mass is 239 g/mol. The molecule has 1 heteroatoms. The number of benzene rings is 2. The highest BCUT2D eigenvalue weighted by atomic mass is 14.9. The summed E-state index contributed by atoms with van der Waals surface area (Å²) in [5.74, 6) is 0. The maximum absolute atomic E-state index is 3.58. The van der Waals surface area contributed by atoms with E-state index in [0.29, 0.717) is 6.04 Å². The normalized spacial score (nSPS) is 12.2. The smallest absolute Gasteiger partial charge is 0.0485 e. The number of rotatable bonds is 3. The van der Waals surface area contributed by atoms with Gasteiger partial charge in [0, 0.05) is 11.7 Å². The molecule has 1 unspecified atom stereocenters. The second kappa shape index (κ2) is 5.26. The molecule has 0 aromatic heterocycles. The maximum atomic E-state index is 3.58. The van der Waals surface area contributed by atoms with Crippen LogP contribution in [0.2, 0.25) is 0 Å². The van der Waals surface area contributed by atoms with Gasteiger partial charge in [-0.25, -0.2) is 0 Å². The Morgan fingerprint density at radius 2 is 1.61 bits per heavy atom. The van der Waals surface area contributed by atoms with E-state index < -0.39 is 0 Å². The molecule has 0 heterocycles. The van der Waals surface area contributed by atoms with Gasteiger partial charge in [-0.05, 0) is 44.9 Å². The van der Waals surface area contributed by atoms with E-state index in [9.17, 15) is 0 Å². The van der Waals surface area contributed by atoms with Crippen molar-refractivity contribution in [3.63, 3.8) is 0 Å². The molecule has 1 atom stereocenters. The van der Waals surface area contributed by atoms with Crippen LogP contribution in [0.1, 0.15) is 35.2 Å². The average molecular weight is 239 g/mol. The quantitative estimate of drug-likeness (QED) is 0.812. The third-order valence-corrected chi connectivity index (χ3v) is 3.30. The number of hydrogen-bond donors (Lipinski definition) is 1. The fourth-order valence-corrected chi connectivity index (χ4v) is 2.23. The summed E-state index contributed by atoms with van der Waals surface area (Å²) in [7, 11) is 0. The minimum Gasteiger partial charge on any atom is -0.378 e. The van der Waals surface area contributed by atoms with Crippen molar-refractivity contribution in [2.45, 2.75) is 33.7 Å². The molecule has 18 heavy (non-hydrogen) atoms. The molecule has 1 N–H and O–H groups in total. The molecule has 0 saturated heterocycles. The van der Waals surface area contributed by atoms with E-state index in [1.54, 1.807) is 0 Å². The Labute approximate surface area is 110 Å². The van der Waals surface area contributed by atoms with Gasteiger partial charge in [0.05, 0.1) is 0 Å². The Kier molecular flexibility index (Phi) is 3.71. The summed E-state index contributed by atoms with van der Waals surface area (Å²) in [6.07, 6.45) is 0. The van der Waals surface area contributed by atoms with Crippen molar-refractivity contribution in [1.29, 1.82) is 0 Å².